The van der Waals surface area contributed by atoms with Gasteiger partial charge in [0.15, 0.2) is 22.5 Å². The van der Waals surface area contributed by atoms with Crippen molar-refractivity contribution in [2.75, 3.05) is 16.8 Å². The summed E-state index contributed by atoms with van der Waals surface area (Å²) in [6.07, 6.45) is 0. The molecule has 0 fully saturated rings. The van der Waals surface area contributed by atoms with Gasteiger partial charge in [0.25, 0.3) is 0 Å². The molecule has 1 atom stereocenters. The first-order valence-corrected chi connectivity index (χ1v) is 12.2. The minimum atomic E-state index is -1.46. The van der Waals surface area contributed by atoms with Crippen molar-refractivity contribution in [2.24, 2.45) is 0 Å². The lowest BCUT2D eigenvalue weighted by Gasteiger charge is -2.12. The molecule has 5 N–H and O–H groups in total. The predicted molar refractivity (Wildman–Crippen MR) is 140 cm³/mol. The number of benzene rings is 4. The van der Waals surface area contributed by atoms with Gasteiger partial charge in [-0.25, -0.2) is 9.00 Å². The van der Waals surface area contributed by atoms with Crippen LogP contribution in [0, 0.1) is 0 Å². The first kappa shape index (κ1) is 24.8. The van der Waals surface area contributed by atoms with E-state index in [1.807, 2.05) is 72.8 Å². The van der Waals surface area contributed by atoms with E-state index in [-0.39, 0.29) is 18.3 Å². The lowest BCUT2D eigenvalue weighted by molar-refractivity contribution is 0.174. The zero-order valence-corrected chi connectivity index (χ0v) is 20.0. The van der Waals surface area contributed by atoms with E-state index in [1.165, 1.54) is 0 Å². The molecule has 1 aliphatic heterocycles. The SMILES string of the molecule is O.O=C(NCc1ccc2c(c1)OCO2)Nc1ccc(NS(=O)c2ccccc2-c2ccccc2)cc1. The largest absolute Gasteiger partial charge is 0.454 e. The molecule has 8 nitrogen and oxygen atoms in total. The highest BCUT2D eigenvalue weighted by atomic mass is 32.2. The van der Waals surface area contributed by atoms with Gasteiger partial charge in [0.05, 0.1) is 4.90 Å². The highest BCUT2D eigenvalue weighted by molar-refractivity contribution is 7.86. The molecule has 0 saturated heterocycles. The number of nitrogens with one attached hydrogen (secondary N) is 3. The summed E-state index contributed by atoms with van der Waals surface area (Å²) >= 11 is 0. The third kappa shape index (κ3) is 5.83. The molecule has 0 spiro atoms. The van der Waals surface area contributed by atoms with E-state index in [2.05, 4.69) is 15.4 Å². The normalized spacial score (nSPS) is 12.2. The van der Waals surface area contributed by atoms with Crippen molar-refractivity contribution < 1.29 is 24.0 Å². The van der Waals surface area contributed by atoms with Crippen LogP contribution in [0.1, 0.15) is 5.56 Å². The highest BCUT2D eigenvalue weighted by Crippen LogP contribution is 2.32. The van der Waals surface area contributed by atoms with Gasteiger partial charge in [0.2, 0.25) is 6.79 Å². The summed E-state index contributed by atoms with van der Waals surface area (Å²) in [6.45, 7) is 0.562. The maximum Gasteiger partial charge on any atom is 0.319 e. The Kier molecular flexibility index (Phi) is 7.84. The Balaban J connectivity index is 0.00000304. The molecule has 4 aromatic carbocycles. The smallest absolute Gasteiger partial charge is 0.319 e. The third-order valence-corrected chi connectivity index (χ3v) is 6.59. The molecule has 5 rings (SSSR count). The van der Waals surface area contributed by atoms with Crippen molar-refractivity contribution in [1.29, 1.82) is 0 Å². The van der Waals surface area contributed by atoms with Gasteiger partial charge in [0.1, 0.15) is 0 Å². The summed E-state index contributed by atoms with van der Waals surface area (Å²) in [5, 5.41) is 5.62. The minimum Gasteiger partial charge on any atom is -0.454 e. The minimum absolute atomic E-state index is 0. The summed E-state index contributed by atoms with van der Waals surface area (Å²) in [6, 6.07) is 29.7. The fourth-order valence-corrected chi connectivity index (χ4v) is 4.72. The molecule has 2 amide bonds. The average Bonchev–Trinajstić information content (AvgIpc) is 3.37. The van der Waals surface area contributed by atoms with Crippen LogP contribution in [0.2, 0.25) is 0 Å². The van der Waals surface area contributed by atoms with Gasteiger partial charge in [-0.05, 0) is 59.2 Å². The zero-order valence-electron chi connectivity index (χ0n) is 19.2. The molecule has 0 saturated carbocycles. The van der Waals surface area contributed by atoms with Crippen molar-refractivity contribution in [3.05, 3.63) is 103 Å². The number of hydrogen-bond donors (Lipinski definition) is 3. The number of hydrogen-bond acceptors (Lipinski definition) is 4. The van der Waals surface area contributed by atoms with Gasteiger partial charge >= 0.3 is 6.03 Å². The predicted octanol–water partition coefficient (Wildman–Crippen LogP) is 4.71. The number of carbonyl (C=O) groups excluding carboxylic acids is 1. The number of anilines is 2. The van der Waals surface area contributed by atoms with Crippen molar-refractivity contribution in [1.82, 2.24) is 5.32 Å². The van der Waals surface area contributed by atoms with E-state index in [9.17, 15) is 9.00 Å². The number of rotatable bonds is 7. The van der Waals surface area contributed by atoms with Crippen LogP contribution in [0.25, 0.3) is 11.1 Å². The van der Waals surface area contributed by atoms with Crippen LogP contribution in [0.3, 0.4) is 0 Å². The summed E-state index contributed by atoms with van der Waals surface area (Å²) in [5.41, 5.74) is 4.12. The van der Waals surface area contributed by atoms with Crippen LogP contribution in [0.15, 0.2) is 102 Å². The van der Waals surface area contributed by atoms with Crippen LogP contribution in [0.4, 0.5) is 16.2 Å². The number of carbonyl (C=O) groups is 1. The standard InChI is InChI=1S/C27H23N3O4S.H2O/c31-27(28-17-19-10-15-24-25(16-19)34-18-33-24)29-21-11-13-22(14-12-21)30-35(32)26-9-5-4-8-23(26)20-6-2-1-3-7-20;/h1-16,30H,17-18H2,(H2,28,29,31);1H2. The second kappa shape index (κ2) is 11.4. The molecular formula is C27H25N3O5S. The fraction of sp³-hybridized carbons (Fsp3) is 0.0741. The van der Waals surface area contributed by atoms with E-state index in [0.29, 0.717) is 34.3 Å². The quantitative estimate of drug-likeness (QED) is 0.338. The lowest BCUT2D eigenvalue weighted by atomic mass is 10.1. The highest BCUT2D eigenvalue weighted by Gasteiger charge is 2.14. The van der Waals surface area contributed by atoms with Gasteiger partial charge in [0, 0.05) is 17.9 Å². The Bertz CT molecular complexity index is 1360. The second-order valence-corrected chi connectivity index (χ2v) is 8.99. The summed E-state index contributed by atoms with van der Waals surface area (Å²) in [7, 11) is -1.46. The molecule has 0 aliphatic carbocycles. The maximum atomic E-state index is 13.1. The molecule has 36 heavy (non-hydrogen) atoms. The van der Waals surface area contributed by atoms with E-state index in [4.69, 9.17) is 9.47 Å². The van der Waals surface area contributed by atoms with Crippen molar-refractivity contribution in [3.63, 3.8) is 0 Å². The van der Waals surface area contributed by atoms with Crippen molar-refractivity contribution >= 4 is 28.4 Å². The van der Waals surface area contributed by atoms with Crippen LogP contribution < -0.4 is 24.8 Å². The number of urea groups is 1. The van der Waals surface area contributed by atoms with E-state index in [0.717, 1.165) is 16.7 Å². The second-order valence-electron chi connectivity index (χ2n) is 7.81. The topological polar surface area (TPSA) is 120 Å². The molecule has 1 unspecified atom stereocenters. The Morgan fingerprint density at radius 3 is 2.31 bits per heavy atom. The molecule has 184 valence electrons. The van der Waals surface area contributed by atoms with Gasteiger partial charge in [-0.2, -0.15) is 0 Å². The first-order chi connectivity index (χ1) is 17.2. The van der Waals surface area contributed by atoms with Gasteiger partial charge in [-0.3, -0.25) is 0 Å². The fourth-order valence-electron chi connectivity index (χ4n) is 3.68. The molecule has 0 aromatic heterocycles. The third-order valence-electron chi connectivity index (χ3n) is 5.41. The van der Waals surface area contributed by atoms with E-state index < -0.39 is 11.0 Å². The van der Waals surface area contributed by atoms with E-state index >= 15 is 0 Å². The summed E-state index contributed by atoms with van der Waals surface area (Å²) in [5.74, 6) is 1.38. The molecule has 4 aromatic rings. The molecule has 9 heteroatoms. The average molecular weight is 504 g/mol. The Hall–Kier alpha value is -4.34. The van der Waals surface area contributed by atoms with Gasteiger partial charge in [-0.1, -0.05) is 54.6 Å². The number of ether oxygens (including phenoxy) is 2. The van der Waals surface area contributed by atoms with Crippen LogP contribution in [-0.2, 0) is 17.5 Å². The summed E-state index contributed by atoms with van der Waals surface area (Å²) in [4.78, 5) is 13.0. The van der Waals surface area contributed by atoms with Gasteiger partial charge < -0.3 is 30.3 Å². The molecule has 1 aliphatic rings. The molecule has 1 heterocycles. The van der Waals surface area contributed by atoms with Crippen molar-refractivity contribution in [3.8, 4) is 22.6 Å². The van der Waals surface area contributed by atoms with Crippen LogP contribution in [-0.4, -0.2) is 22.5 Å². The van der Waals surface area contributed by atoms with Gasteiger partial charge in [-0.15, -0.1) is 0 Å². The number of amides is 2. The number of fused-ring (bicyclic) bond motifs is 1. The maximum absolute atomic E-state index is 13.1. The van der Waals surface area contributed by atoms with Crippen LogP contribution >= 0.6 is 0 Å². The monoisotopic (exact) mass is 503 g/mol. The molecule has 0 radical (unpaired) electrons. The lowest BCUT2D eigenvalue weighted by Crippen LogP contribution is -2.28. The van der Waals surface area contributed by atoms with Crippen molar-refractivity contribution in [2.45, 2.75) is 11.4 Å². The molecular weight excluding hydrogens is 478 g/mol. The van der Waals surface area contributed by atoms with Crippen LogP contribution in [0.5, 0.6) is 11.5 Å². The first-order valence-electron chi connectivity index (χ1n) is 11.0. The zero-order chi connectivity index (χ0) is 24.0. The summed E-state index contributed by atoms with van der Waals surface area (Å²) < 4.78 is 26.8. The Labute approximate surface area is 211 Å². The van der Waals surface area contributed by atoms with E-state index in [1.54, 1.807) is 24.3 Å². The Morgan fingerprint density at radius 2 is 1.50 bits per heavy atom. The Morgan fingerprint density at radius 1 is 0.806 bits per heavy atom. The molecule has 0 bridgehead atoms.